The highest BCUT2D eigenvalue weighted by Crippen LogP contribution is 2.15. The van der Waals surface area contributed by atoms with Crippen LogP contribution >= 0.6 is 0 Å². The Kier molecular flexibility index (Phi) is 22.6. The van der Waals surface area contributed by atoms with Gasteiger partial charge in [-0.2, -0.15) is 0 Å². The molecule has 0 heterocycles. The molecule has 10 amide bonds. The quantitative estimate of drug-likeness (QED) is 0.163. The lowest BCUT2D eigenvalue weighted by molar-refractivity contribution is -0.144. The molecule has 0 bridgehead atoms. The van der Waals surface area contributed by atoms with Crippen LogP contribution in [0.1, 0.15) is 93.9 Å². The lowest BCUT2D eigenvalue weighted by atomic mass is 10.0. The normalized spacial score (nSPS) is 12.0. The number of rotatable bonds is 22. The molecule has 2 N–H and O–H groups in total. The highest BCUT2D eigenvalue weighted by atomic mass is 16.2. The van der Waals surface area contributed by atoms with Crippen molar-refractivity contribution in [1.82, 2.24) is 40.0 Å². The second kappa shape index (κ2) is 24.7. The third kappa shape index (κ3) is 17.1. The van der Waals surface area contributed by atoms with Gasteiger partial charge in [-0.05, 0) is 32.1 Å². The minimum atomic E-state index is -1.13. The van der Waals surface area contributed by atoms with Gasteiger partial charge in [0, 0.05) is 53.6 Å². The van der Waals surface area contributed by atoms with E-state index in [0.29, 0.717) is 19.3 Å². The molecule has 0 aromatic carbocycles. The molecular formula is C37H66N8O9. The molecule has 0 aliphatic heterocycles. The summed E-state index contributed by atoms with van der Waals surface area (Å²) in [5.41, 5.74) is 0. The van der Waals surface area contributed by atoms with E-state index < -0.39 is 71.9 Å². The van der Waals surface area contributed by atoms with Crippen LogP contribution in [0.5, 0.6) is 0 Å². The number of nitrogens with one attached hydrogen (secondary N) is 2. The molecule has 54 heavy (non-hydrogen) atoms. The van der Waals surface area contributed by atoms with Gasteiger partial charge in [-0.15, -0.1) is 0 Å². The van der Waals surface area contributed by atoms with E-state index in [-0.39, 0.29) is 57.4 Å². The standard InChI is InChI=1S/C37H66N8O9/c1-13-16-18-44(35(52)26(6)7)37(54)45(19-17-14-2)36(53)28(20-25(4)5)39-34(51)27(8)38-29(46)21-40(9)31(48)23-42(11)33(50)24-43(12)32(49)22-41(10)30(47)15-3/h25-28H,13-24H2,1-12H3,(H,38,46)(H,39,51)/t27-,28+/m1/s1. The minimum absolute atomic E-state index is 0.0632. The van der Waals surface area contributed by atoms with Crippen molar-refractivity contribution in [2.24, 2.45) is 11.8 Å². The predicted molar refractivity (Wildman–Crippen MR) is 203 cm³/mol. The van der Waals surface area contributed by atoms with E-state index in [4.69, 9.17) is 0 Å². The molecular weight excluding hydrogens is 700 g/mol. The van der Waals surface area contributed by atoms with Gasteiger partial charge in [0.15, 0.2) is 0 Å². The van der Waals surface area contributed by atoms with E-state index >= 15 is 0 Å². The monoisotopic (exact) mass is 766 g/mol. The maximum atomic E-state index is 14.0. The number of hydrogen-bond donors (Lipinski definition) is 2. The van der Waals surface area contributed by atoms with Crippen LogP contribution in [0.25, 0.3) is 0 Å². The molecule has 0 saturated carbocycles. The number of amides is 10. The molecule has 2 atom stereocenters. The van der Waals surface area contributed by atoms with Crippen LogP contribution in [0.2, 0.25) is 0 Å². The second-order valence-electron chi connectivity index (χ2n) is 14.5. The van der Waals surface area contributed by atoms with Crippen molar-refractivity contribution in [3.8, 4) is 0 Å². The first kappa shape index (κ1) is 49.4. The van der Waals surface area contributed by atoms with E-state index in [2.05, 4.69) is 10.6 Å². The number of hydrogen-bond acceptors (Lipinski definition) is 9. The summed E-state index contributed by atoms with van der Waals surface area (Å²) in [6, 6.07) is -2.97. The fourth-order valence-electron chi connectivity index (χ4n) is 5.03. The summed E-state index contributed by atoms with van der Waals surface area (Å²) in [7, 11) is 5.63. The fourth-order valence-corrected chi connectivity index (χ4v) is 5.03. The zero-order valence-corrected chi connectivity index (χ0v) is 34.7. The van der Waals surface area contributed by atoms with Crippen LogP contribution in [0.3, 0.4) is 0 Å². The summed E-state index contributed by atoms with van der Waals surface area (Å²) in [6.07, 6.45) is 2.91. The van der Waals surface area contributed by atoms with E-state index in [9.17, 15) is 43.2 Å². The van der Waals surface area contributed by atoms with Gasteiger partial charge in [-0.25, -0.2) is 4.79 Å². The largest absolute Gasteiger partial charge is 0.343 e. The van der Waals surface area contributed by atoms with E-state index in [1.165, 1.54) is 40.0 Å². The van der Waals surface area contributed by atoms with Crippen molar-refractivity contribution < 1.29 is 43.2 Å². The predicted octanol–water partition coefficient (Wildman–Crippen LogP) is 1.30. The maximum absolute atomic E-state index is 14.0. The SMILES string of the molecule is CCCCN(C(=O)C(C)C)C(=O)N(CCCC)C(=O)[C@H](CC(C)C)NC(=O)[C@@H](C)NC(=O)CN(C)C(=O)CN(C)C(=O)CN(C)C(=O)CN(C)C(=O)CC. The Morgan fingerprint density at radius 1 is 0.537 bits per heavy atom. The summed E-state index contributed by atoms with van der Waals surface area (Å²) in [5.74, 6) is -4.72. The van der Waals surface area contributed by atoms with Crippen LogP contribution in [-0.4, -0.2) is 162 Å². The summed E-state index contributed by atoms with van der Waals surface area (Å²) in [6.45, 7) is 12.9. The average Bonchev–Trinajstić information content (AvgIpc) is 3.10. The summed E-state index contributed by atoms with van der Waals surface area (Å²) in [5, 5.41) is 5.20. The molecule has 17 nitrogen and oxygen atoms in total. The number of imide groups is 2. The van der Waals surface area contributed by atoms with Crippen LogP contribution in [-0.2, 0) is 38.4 Å². The van der Waals surface area contributed by atoms with Crippen molar-refractivity contribution in [3.63, 3.8) is 0 Å². The number of carbonyl (C=O) groups excluding carboxylic acids is 9. The lowest BCUT2D eigenvalue weighted by Crippen LogP contribution is -2.58. The van der Waals surface area contributed by atoms with Crippen LogP contribution < -0.4 is 10.6 Å². The van der Waals surface area contributed by atoms with E-state index in [0.717, 1.165) is 30.9 Å². The number of carbonyl (C=O) groups is 9. The summed E-state index contributed by atoms with van der Waals surface area (Å²) < 4.78 is 0. The first-order valence-corrected chi connectivity index (χ1v) is 18.8. The minimum Gasteiger partial charge on any atom is -0.343 e. The van der Waals surface area contributed by atoms with Gasteiger partial charge in [0.25, 0.3) is 5.91 Å². The molecule has 0 aliphatic carbocycles. The first-order valence-electron chi connectivity index (χ1n) is 18.8. The molecule has 0 aromatic rings. The molecule has 0 aromatic heterocycles. The second-order valence-corrected chi connectivity index (χ2v) is 14.5. The van der Waals surface area contributed by atoms with Crippen LogP contribution in [0.4, 0.5) is 4.79 Å². The molecule has 0 fully saturated rings. The molecule has 0 radical (unpaired) electrons. The number of likely N-dealkylation sites (N-methyl/N-ethyl adjacent to an activating group) is 4. The average molecular weight is 767 g/mol. The number of urea groups is 1. The highest BCUT2D eigenvalue weighted by molar-refractivity contribution is 6.05. The van der Waals surface area contributed by atoms with Crippen LogP contribution in [0, 0.1) is 11.8 Å². The van der Waals surface area contributed by atoms with Gasteiger partial charge < -0.3 is 30.2 Å². The number of nitrogens with zero attached hydrogens (tertiary/aromatic N) is 6. The third-order valence-corrected chi connectivity index (χ3v) is 8.55. The molecule has 0 unspecified atom stereocenters. The molecule has 0 rings (SSSR count). The smallest absolute Gasteiger partial charge is 0.333 e. The summed E-state index contributed by atoms with van der Waals surface area (Å²) in [4.78, 5) is 123. The molecule has 17 heteroatoms. The Bertz CT molecular complexity index is 1320. The third-order valence-electron chi connectivity index (χ3n) is 8.55. The molecule has 0 saturated heterocycles. The van der Waals surface area contributed by atoms with Gasteiger partial charge >= 0.3 is 6.03 Å². The van der Waals surface area contributed by atoms with Crippen molar-refractivity contribution in [2.45, 2.75) is 106 Å². The zero-order chi connectivity index (χ0) is 41.9. The Hall–Kier alpha value is -4.57. The van der Waals surface area contributed by atoms with Crippen molar-refractivity contribution in [1.29, 1.82) is 0 Å². The lowest BCUT2D eigenvalue weighted by Gasteiger charge is -2.32. The maximum Gasteiger partial charge on any atom is 0.333 e. The van der Waals surface area contributed by atoms with Crippen molar-refractivity contribution in [3.05, 3.63) is 0 Å². The zero-order valence-electron chi connectivity index (χ0n) is 34.7. The molecule has 0 aliphatic rings. The van der Waals surface area contributed by atoms with Gasteiger partial charge in [0.1, 0.15) is 12.1 Å². The Labute approximate surface area is 321 Å². The van der Waals surface area contributed by atoms with E-state index in [1.54, 1.807) is 20.8 Å². The van der Waals surface area contributed by atoms with Crippen molar-refractivity contribution in [2.75, 3.05) is 67.5 Å². The molecule has 308 valence electrons. The highest BCUT2D eigenvalue weighted by Gasteiger charge is 2.36. The van der Waals surface area contributed by atoms with Gasteiger partial charge in [0.2, 0.25) is 41.4 Å². The van der Waals surface area contributed by atoms with E-state index in [1.807, 2.05) is 27.7 Å². The summed E-state index contributed by atoms with van der Waals surface area (Å²) >= 11 is 0. The fraction of sp³-hybridized carbons (Fsp3) is 0.757. The van der Waals surface area contributed by atoms with Crippen molar-refractivity contribution >= 4 is 53.3 Å². The van der Waals surface area contributed by atoms with Crippen LogP contribution in [0.15, 0.2) is 0 Å². The topological polar surface area (TPSA) is 197 Å². The number of unbranched alkanes of at least 4 members (excludes halogenated alkanes) is 2. The first-order chi connectivity index (χ1) is 25.1. The Morgan fingerprint density at radius 2 is 0.944 bits per heavy atom. The van der Waals surface area contributed by atoms with Gasteiger partial charge in [-0.1, -0.05) is 61.3 Å². The van der Waals surface area contributed by atoms with Gasteiger partial charge in [0.05, 0.1) is 26.2 Å². The van der Waals surface area contributed by atoms with Gasteiger partial charge in [-0.3, -0.25) is 48.2 Å². The Balaban J connectivity index is 5.56. The Morgan fingerprint density at radius 3 is 1.33 bits per heavy atom. The molecule has 0 spiro atoms.